The predicted molar refractivity (Wildman–Crippen MR) is 96.1 cm³/mol. The highest BCUT2D eigenvalue weighted by Gasteiger charge is 2.26. The predicted octanol–water partition coefficient (Wildman–Crippen LogP) is 3.50. The molecule has 6 heteroatoms. The van der Waals surface area contributed by atoms with Gasteiger partial charge >= 0.3 is 5.97 Å². The highest BCUT2D eigenvalue weighted by atomic mass is 32.1. The second-order valence-electron chi connectivity index (χ2n) is 5.40. The number of ether oxygens (including phenoxy) is 1. The standard InChI is InChI=1S/C19H16N2O3S/c1-12-16(25-18(21-12)14-10-6-3-7-11-14)19(23)24-15(17(20)22)13-8-4-2-5-9-13/h2-11,15H,1H3,(H2,20,22)/t15-/m1/s1. The molecule has 0 fully saturated rings. The number of hydrogen-bond acceptors (Lipinski definition) is 5. The zero-order valence-electron chi connectivity index (χ0n) is 13.5. The van der Waals surface area contributed by atoms with Crippen LogP contribution in [0.1, 0.15) is 27.0 Å². The number of aromatic nitrogens is 1. The lowest BCUT2D eigenvalue weighted by molar-refractivity contribution is -0.127. The van der Waals surface area contributed by atoms with Gasteiger partial charge in [-0.15, -0.1) is 11.3 Å². The van der Waals surface area contributed by atoms with Crippen molar-refractivity contribution in [3.8, 4) is 10.6 Å². The number of primary amides is 1. The maximum absolute atomic E-state index is 12.5. The third kappa shape index (κ3) is 3.75. The van der Waals surface area contributed by atoms with Crippen LogP contribution in [-0.2, 0) is 9.53 Å². The zero-order chi connectivity index (χ0) is 17.8. The minimum atomic E-state index is -1.13. The number of amides is 1. The van der Waals surface area contributed by atoms with Crippen molar-refractivity contribution in [3.05, 3.63) is 76.8 Å². The van der Waals surface area contributed by atoms with Crippen LogP contribution in [-0.4, -0.2) is 16.9 Å². The van der Waals surface area contributed by atoms with E-state index in [1.807, 2.05) is 36.4 Å². The van der Waals surface area contributed by atoms with Gasteiger partial charge in [0.25, 0.3) is 5.91 Å². The van der Waals surface area contributed by atoms with Gasteiger partial charge in [-0.2, -0.15) is 0 Å². The summed E-state index contributed by atoms with van der Waals surface area (Å²) in [6, 6.07) is 18.3. The SMILES string of the molecule is Cc1nc(-c2ccccc2)sc1C(=O)O[C@@H](C(N)=O)c1ccccc1. The number of esters is 1. The molecule has 0 saturated heterocycles. The van der Waals surface area contributed by atoms with Crippen molar-refractivity contribution in [2.45, 2.75) is 13.0 Å². The number of rotatable bonds is 5. The van der Waals surface area contributed by atoms with Gasteiger partial charge in [-0.25, -0.2) is 9.78 Å². The van der Waals surface area contributed by atoms with E-state index < -0.39 is 18.0 Å². The van der Waals surface area contributed by atoms with Crippen LogP contribution >= 0.6 is 11.3 Å². The number of carbonyl (C=O) groups is 2. The molecule has 5 nitrogen and oxygen atoms in total. The summed E-state index contributed by atoms with van der Waals surface area (Å²) in [5.41, 5.74) is 7.42. The molecule has 1 heterocycles. The Morgan fingerprint density at radius 1 is 1.04 bits per heavy atom. The number of carbonyl (C=O) groups excluding carboxylic acids is 2. The minimum Gasteiger partial charge on any atom is -0.443 e. The Balaban J connectivity index is 1.86. The molecule has 0 aliphatic rings. The monoisotopic (exact) mass is 352 g/mol. The lowest BCUT2D eigenvalue weighted by Crippen LogP contribution is -2.26. The molecule has 25 heavy (non-hydrogen) atoms. The summed E-state index contributed by atoms with van der Waals surface area (Å²) >= 11 is 1.23. The third-order valence-electron chi connectivity index (χ3n) is 3.59. The Hall–Kier alpha value is -2.99. The van der Waals surface area contributed by atoms with Crippen LogP contribution in [0.4, 0.5) is 0 Å². The molecule has 0 bridgehead atoms. The van der Waals surface area contributed by atoms with Gasteiger partial charge in [-0.3, -0.25) is 4.79 Å². The van der Waals surface area contributed by atoms with Crippen LogP contribution in [0.3, 0.4) is 0 Å². The number of hydrogen-bond donors (Lipinski definition) is 1. The molecule has 1 atom stereocenters. The summed E-state index contributed by atoms with van der Waals surface area (Å²) in [6.45, 7) is 1.74. The van der Waals surface area contributed by atoms with E-state index >= 15 is 0 Å². The van der Waals surface area contributed by atoms with Gasteiger partial charge in [0.1, 0.15) is 9.88 Å². The van der Waals surface area contributed by atoms with Gasteiger partial charge in [-0.1, -0.05) is 60.7 Å². The molecule has 2 aromatic carbocycles. The van der Waals surface area contributed by atoms with Gasteiger partial charge in [0.15, 0.2) is 0 Å². The first-order valence-electron chi connectivity index (χ1n) is 7.64. The zero-order valence-corrected chi connectivity index (χ0v) is 14.3. The van der Waals surface area contributed by atoms with Gasteiger partial charge in [0.2, 0.25) is 6.10 Å². The highest BCUT2D eigenvalue weighted by molar-refractivity contribution is 7.17. The van der Waals surface area contributed by atoms with E-state index in [9.17, 15) is 9.59 Å². The summed E-state index contributed by atoms with van der Waals surface area (Å²) in [4.78, 5) is 29.0. The Bertz CT molecular complexity index is 892. The Labute approximate surface area is 149 Å². The fourth-order valence-electron chi connectivity index (χ4n) is 2.37. The van der Waals surface area contributed by atoms with Crippen molar-refractivity contribution >= 4 is 23.2 Å². The van der Waals surface area contributed by atoms with Crippen LogP contribution in [0.25, 0.3) is 10.6 Å². The van der Waals surface area contributed by atoms with Crippen LogP contribution in [0, 0.1) is 6.92 Å². The molecule has 0 unspecified atom stereocenters. The lowest BCUT2D eigenvalue weighted by Gasteiger charge is -2.14. The van der Waals surface area contributed by atoms with Crippen LogP contribution in [0.5, 0.6) is 0 Å². The maximum atomic E-state index is 12.5. The molecule has 0 aliphatic heterocycles. The van der Waals surface area contributed by atoms with Crippen LogP contribution in [0.2, 0.25) is 0 Å². The summed E-state index contributed by atoms with van der Waals surface area (Å²) in [5, 5.41) is 0.723. The van der Waals surface area contributed by atoms with Crippen molar-refractivity contribution in [3.63, 3.8) is 0 Å². The average molecular weight is 352 g/mol. The highest BCUT2D eigenvalue weighted by Crippen LogP contribution is 2.29. The van der Waals surface area contributed by atoms with Gasteiger partial charge < -0.3 is 10.5 Å². The quantitative estimate of drug-likeness (QED) is 0.713. The number of benzene rings is 2. The number of nitrogens with zero attached hydrogens (tertiary/aromatic N) is 1. The molecule has 0 saturated carbocycles. The summed E-state index contributed by atoms with van der Waals surface area (Å²) in [6.07, 6.45) is -1.13. The number of aryl methyl sites for hydroxylation is 1. The van der Waals surface area contributed by atoms with Gasteiger partial charge in [-0.05, 0) is 6.92 Å². The van der Waals surface area contributed by atoms with E-state index in [1.54, 1.807) is 31.2 Å². The van der Waals surface area contributed by atoms with Crippen molar-refractivity contribution in [2.24, 2.45) is 5.73 Å². The molecule has 1 amide bonds. The summed E-state index contributed by atoms with van der Waals surface area (Å²) < 4.78 is 5.37. The van der Waals surface area contributed by atoms with E-state index in [1.165, 1.54) is 11.3 Å². The fraction of sp³-hybridized carbons (Fsp3) is 0.105. The lowest BCUT2D eigenvalue weighted by atomic mass is 10.1. The molecule has 126 valence electrons. The summed E-state index contributed by atoms with van der Waals surface area (Å²) in [7, 11) is 0. The van der Waals surface area contributed by atoms with Crippen LogP contribution < -0.4 is 5.73 Å². The molecule has 1 aromatic heterocycles. The second kappa shape index (κ2) is 7.27. The van der Waals surface area contributed by atoms with E-state index in [0.29, 0.717) is 16.1 Å². The molecule has 3 aromatic rings. The molecular weight excluding hydrogens is 336 g/mol. The van der Waals surface area contributed by atoms with Gasteiger partial charge in [0.05, 0.1) is 5.69 Å². The summed E-state index contributed by atoms with van der Waals surface area (Å²) in [5.74, 6) is -1.32. The van der Waals surface area contributed by atoms with Crippen molar-refractivity contribution in [2.75, 3.05) is 0 Å². The Kier molecular flexibility index (Phi) is 4.90. The maximum Gasteiger partial charge on any atom is 0.351 e. The first-order valence-corrected chi connectivity index (χ1v) is 8.46. The first kappa shape index (κ1) is 16.9. The molecular formula is C19H16N2O3S. The fourth-order valence-corrected chi connectivity index (χ4v) is 3.32. The average Bonchev–Trinajstić information content (AvgIpc) is 3.02. The topological polar surface area (TPSA) is 82.3 Å². The second-order valence-corrected chi connectivity index (χ2v) is 6.40. The minimum absolute atomic E-state index is 0.362. The normalized spacial score (nSPS) is 11.7. The third-order valence-corrected chi connectivity index (χ3v) is 4.77. The number of thiazole rings is 1. The number of nitrogens with two attached hydrogens (primary N) is 1. The first-order chi connectivity index (χ1) is 12.1. The molecule has 3 rings (SSSR count). The molecule has 0 spiro atoms. The van der Waals surface area contributed by atoms with Crippen LogP contribution in [0.15, 0.2) is 60.7 Å². The van der Waals surface area contributed by atoms with E-state index in [0.717, 1.165) is 10.6 Å². The van der Waals surface area contributed by atoms with Crippen molar-refractivity contribution in [1.82, 2.24) is 4.98 Å². The van der Waals surface area contributed by atoms with Crippen molar-refractivity contribution in [1.29, 1.82) is 0 Å². The molecule has 0 radical (unpaired) electrons. The van der Waals surface area contributed by atoms with E-state index in [2.05, 4.69) is 4.98 Å². The Morgan fingerprint density at radius 2 is 1.64 bits per heavy atom. The van der Waals surface area contributed by atoms with E-state index in [4.69, 9.17) is 10.5 Å². The molecule has 2 N–H and O–H groups in total. The smallest absolute Gasteiger partial charge is 0.351 e. The van der Waals surface area contributed by atoms with E-state index in [-0.39, 0.29) is 0 Å². The van der Waals surface area contributed by atoms with Gasteiger partial charge in [0, 0.05) is 11.1 Å². The Morgan fingerprint density at radius 3 is 2.24 bits per heavy atom. The molecule has 0 aliphatic carbocycles. The largest absolute Gasteiger partial charge is 0.443 e. The van der Waals surface area contributed by atoms with Crippen molar-refractivity contribution < 1.29 is 14.3 Å².